The Morgan fingerprint density at radius 2 is 1.68 bits per heavy atom. The van der Waals surface area contributed by atoms with E-state index >= 15 is 0 Å². The fourth-order valence-corrected chi connectivity index (χ4v) is 2.28. The van der Waals surface area contributed by atoms with E-state index in [0.717, 1.165) is 10.9 Å². The van der Waals surface area contributed by atoms with E-state index < -0.39 is 5.97 Å². The lowest BCUT2D eigenvalue weighted by Crippen LogP contribution is -2.24. The first-order valence-corrected chi connectivity index (χ1v) is 7.02. The lowest BCUT2D eigenvalue weighted by Gasteiger charge is -2.08. The van der Waals surface area contributed by atoms with Crippen LogP contribution in [0.5, 0.6) is 0 Å². The summed E-state index contributed by atoms with van der Waals surface area (Å²) in [6.07, 6.45) is 1.62. The molecule has 110 valence electrons. The highest BCUT2D eigenvalue weighted by Crippen LogP contribution is 2.08. The fourth-order valence-electron chi connectivity index (χ4n) is 2.28. The van der Waals surface area contributed by atoms with E-state index in [1.807, 2.05) is 54.6 Å². The Bertz CT molecular complexity index is 853. The van der Waals surface area contributed by atoms with E-state index in [2.05, 4.69) is 0 Å². The lowest BCUT2D eigenvalue weighted by molar-refractivity contribution is -0.145. The Hall–Kier alpha value is -2.88. The molecule has 0 saturated carbocycles. The second-order valence-electron chi connectivity index (χ2n) is 4.98. The number of hydrogen-bond donors (Lipinski definition) is 0. The van der Waals surface area contributed by atoms with Gasteiger partial charge < -0.3 is 9.30 Å². The van der Waals surface area contributed by atoms with Gasteiger partial charge in [-0.1, -0.05) is 48.5 Å². The maximum atomic E-state index is 12.3. The summed E-state index contributed by atoms with van der Waals surface area (Å²) < 4.78 is 6.57. The van der Waals surface area contributed by atoms with E-state index in [4.69, 9.17) is 4.74 Å². The molecule has 0 atom stereocenters. The van der Waals surface area contributed by atoms with Crippen molar-refractivity contribution < 1.29 is 9.53 Å². The van der Waals surface area contributed by atoms with Crippen molar-refractivity contribution in [3.05, 3.63) is 82.8 Å². The maximum absolute atomic E-state index is 12.3. The molecular weight excluding hydrogens is 278 g/mol. The van der Waals surface area contributed by atoms with Crippen molar-refractivity contribution in [1.29, 1.82) is 0 Å². The third kappa shape index (κ3) is 3.06. The summed E-state index contributed by atoms with van der Waals surface area (Å²) in [6, 6.07) is 18.6. The number of aromatic nitrogens is 1. The topological polar surface area (TPSA) is 48.3 Å². The Labute approximate surface area is 127 Å². The van der Waals surface area contributed by atoms with Crippen molar-refractivity contribution >= 4 is 16.7 Å². The SMILES string of the molecule is O=C(Cn1ccc2ccccc2c1=O)OCc1ccccc1. The zero-order valence-corrected chi connectivity index (χ0v) is 11.9. The molecule has 0 aliphatic heterocycles. The number of carbonyl (C=O) groups excluding carboxylic acids is 1. The third-order valence-corrected chi connectivity index (χ3v) is 3.43. The van der Waals surface area contributed by atoms with Crippen LogP contribution in [-0.2, 0) is 22.7 Å². The molecule has 4 heteroatoms. The predicted molar refractivity (Wildman–Crippen MR) is 84.4 cm³/mol. The summed E-state index contributed by atoms with van der Waals surface area (Å²) in [6.45, 7) is 0.124. The molecule has 4 nitrogen and oxygen atoms in total. The third-order valence-electron chi connectivity index (χ3n) is 3.43. The van der Waals surface area contributed by atoms with Crippen molar-refractivity contribution in [3.8, 4) is 0 Å². The van der Waals surface area contributed by atoms with Crippen molar-refractivity contribution in [2.45, 2.75) is 13.2 Å². The van der Waals surface area contributed by atoms with Crippen LogP contribution in [0.1, 0.15) is 5.56 Å². The predicted octanol–water partition coefficient (Wildman–Crippen LogP) is 2.74. The Kier molecular flexibility index (Phi) is 4.01. The van der Waals surface area contributed by atoms with Crippen molar-refractivity contribution in [1.82, 2.24) is 4.57 Å². The number of pyridine rings is 1. The van der Waals surface area contributed by atoms with Gasteiger partial charge in [-0.15, -0.1) is 0 Å². The summed E-state index contributed by atoms with van der Waals surface area (Å²) in [5, 5.41) is 1.46. The molecule has 1 heterocycles. The van der Waals surface area contributed by atoms with Gasteiger partial charge in [0.25, 0.3) is 5.56 Å². The van der Waals surface area contributed by atoms with Crippen LogP contribution in [0.3, 0.4) is 0 Å². The Morgan fingerprint density at radius 1 is 0.955 bits per heavy atom. The molecule has 22 heavy (non-hydrogen) atoms. The Balaban J connectivity index is 1.72. The van der Waals surface area contributed by atoms with Gasteiger partial charge in [0.2, 0.25) is 0 Å². The molecule has 0 radical (unpaired) electrons. The van der Waals surface area contributed by atoms with Crippen molar-refractivity contribution in [2.75, 3.05) is 0 Å². The van der Waals surface area contributed by atoms with E-state index in [1.54, 1.807) is 12.3 Å². The number of nitrogens with zero attached hydrogens (tertiary/aromatic N) is 1. The summed E-state index contributed by atoms with van der Waals surface area (Å²) in [4.78, 5) is 24.2. The van der Waals surface area contributed by atoms with Crippen LogP contribution in [0.2, 0.25) is 0 Å². The highest BCUT2D eigenvalue weighted by atomic mass is 16.5. The molecule has 3 aromatic rings. The maximum Gasteiger partial charge on any atom is 0.326 e. The van der Waals surface area contributed by atoms with Gasteiger partial charge in [0.15, 0.2) is 0 Å². The minimum atomic E-state index is -0.429. The number of hydrogen-bond acceptors (Lipinski definition) is 3. The summed E-state index contributed by atoms with van der Waals surface area (Å²) in [5.41, 5.74) is 0.733. The van der Waals surface area contributed by atoms with Crippen LogP contribution < -0.4 is 5.56 Å². The molecular formula is C18H15NO3. The number of fused-ring (bicyclic) bond motifs is 1. The van der Waals surface area contributed by atoms with Gasteiger partial charge in [-0.25, -0.2) is 0 Å². The summed E-state index contributed by atoms with van der Waals surface area (Å²) >= 11 is 0. The number of benzene rings is 2. The molecule has 1 aromatic heterocycles. The quantitative estimate of drug-likeness (QED) is 0.695. The first kappa shape index (κ1) is 14.1. The largest absolute Gasteiger partial charge is 0.459 e. The van der Waals surface area contributed by atoms with Gasteiger partial charge in [-0.3, -0.25) is 9.59 Å². The summed E-state index contributed by atoms with van der Waals surface area (Å²) in [7, 11) is 0. The molecule has 0 bridgehead atoms. The van der Waals surface area contributed by atoms with Gasteiger partial charge in [-0.2, -0.15) is 0 Å². The van der Waals surface area contributed by atoms with Crippen molar-refractivity contribution in [3.63, 3.8) is 0 Å². The molecule has 2 aromatic carbocycles. The normalized spacial score (nSPS) is 10.5. The number of rotatable bonds is 4. The van der Waals surface area contributed by atoms with Crippen LogP contribution in [0.15, 0.2) is 71.7 Å². The van der Waals surface area contributed by atoms with Crippen LogP contribution in [0.25, 0.3) is 10.8 Å². The van der Waals surface area contributed by atoms with Gasteiger partial charge in [-0.05, 0) is 23.1 Å². The molecule has 0 spiro atoms. The van der Waals surface area contributed by atoms with Crippen molar-refractivity contribution in [2.24, 2.45) is 0 Å². The molecule has 0 unspecified atom stereocenters. The number of carbonyl (C=O) groups is 1. The standard InChI is InChI=1S/C18H15NO3/c20-17(22-13-14-6-2-1-3-7-14)12-19-11-10-15-8-4-5-9-16(15)18(19)21/h1-11H,12-13H2. The first-order chi connectivity index (χ1) is 10.7. The molecule has 0 aliphatic carbocycles. The minimum Gasteiger partial charge on any atom is -0.459 e. The number of esters is 1. The molecule has 0 saturated heterocycles. The lowest BCUT2D eigenvalue weighted by atomic mass is 10.2. The monoisotopic (exact) mass is 293 g/mol. The zero-order chi connectivity index (χ0) is 15.4. The van der Waals surface area contributed by atoms with Crippen LogP contribution in [0, 0.1) is 0 Å². The average molecular weight is 293 g/mol. The van der Waals surface area contributed by atoms with E-state index in [1.165, 1.54) is 4.57 Å². The smallest absolute Gasteiger partial charge is 0.326 e. The highest BCUT2D eigenvalue weighted by Gasteiger charge is 2.08. The Morgan fingerprint density at radius 3 is 2.50 bits per heavy atom. The second kappa shape index (κ2) is 6.26. The van der Waals surface area contributed by atoms with Gasteiger partial charge in [0.05, 0.1) is 0 Å². The fraction of sp³-hybridized carbons (Fsp3) is 0.111. The minimum absolute atomic E-state index is 0.0868. The van der Waals surface area contributed by atoms with Crippen LogP contribution >= 0.6 is 0 Å². The van der Waals surface area contributed by atoms with Gasteiger partial charge >= 0.3 is 5.97 Å². The van der Waals surface area contributed by atoms with E-state index in [-0.39, 0.29) is 18.7 Å². The number of ether oxygens (including phenoxy) is 1. The van der Waals surface area contributed by atoms with Crippen LogP contribution in [0.4, 0.5) is 0 Å². The molecule has 0 fully saturated rings. The molecule has 0 N–H and O–H groups in total. The molecule has 0 amide bonds. The van der Waals surface area contributed by atoms with Gasteiger partial charge in [0, 0.05) is 11.6 Å². The zero-order valence-electron chi connectivity index (χ0n) is 11.9. The second-order valence-corrected chi connectivity index (χ2v) is 4.98. The van der Waals surface area contributed by atoms with E-state index in [0.29, 0.717) is 5.39 Å². The average Bonchev–Trinajstić information content (AvgIpc) is 2.57. The summed E-state index contributed by atoms with van der Waals surface area (Å²) in [5.74, 6) is -0.429. The molecule has 0 aliphatic rings. The van der Waals surface area contributed by atoms with E-state index in [9.17, 15) is 9.59 Å². The van der Waals surface area contributed by atoms with Gasteiger partial charge in [0.1, 0.15) is 13.2 Å². The van der Waals surface area contributed by atoms with Crippen LogP contribution in [-0.4, -0.2) is 10.5 Å². The highest BCUT2D eigenvalue weighted by molar-refractivity contribution is 5.81. The first-order valence-electron chi connectivity index (χ1n) is 7.02. The molecule has 3 rings (SSSR count).